The first-order valence-electron chi connectivity index (χ1n) is 17.6. The molecule has 1 fully saturated rings. The Morgan fingerprint density at radius 2 is 1.41 bits per heavy atom. The molecule has 0 spiro atoms. The van der Waals surface area contributed by atoms with Crippen molar-refractivity contribution in [3.8, 4) is 0 Å². The number of unbranched alkanes of at least 4 members (excludes halogenated alkanes) is 1. The van der Waals surface area contributed by atoms with E-state index in [1.165, 1.54) is 0 Å². The molecular formula is C38H55N5O6. The van der Waals surface area contributed by atoms with Crippen molar-refractivity contribution in [1.82, 2.24) is 15.5 Å². The molecular weight excluding hydrogens is 622 g/mol. The fraction of sp³-hybridized carbons (Fsp3) is 0.553. The number of hydrogen-bond donors (Lipinski definition) is 5. The van der Waals surface area contributed by atoms with Crippen molar-refractivity contribution < 1.29 is 29.1 Å². The number of likely N-dealkylation sites (tertiary alicyclic amines) is 1. The van der Waals surface area contributed by atoms with Crippen molar-refractivity contribution in [3.05, 3.63) is 71.8 Å². The Bertz CT molecular complexity index is 1350. The van der Waals surface area contributed by atoms with E-state index in [0.29, 0.717) is 64.6 Å². The van der Waals surface area contributed by atoms with Crippen LogP contribution in [0.1, 0.15) is 76.3 Å². The minimum Gasteiger partial charge on any atom is -0.481 e. The van der Waals surface area contributed by atoms with Crippen molar-refractivity contribution in [2.45, 2.75) is 96.2 Å². The highest BCUT2D eigenvalue weighted by molar-refractivity contribution is 5.95. The van der Waals surface area contributed by atoms with Crippen LogP contribution in [-0.4, -0.2) is 77.2 Å². The first kappa shape index (κ1) is 39.3. The van der Waals surface area contributed by atoms with E-state index >= 15 is 0 Å². The second-order valence-electron chi connectivity index (χ2n) is 13.8. The lowest BCUT2D eigenvalue weighted by Gasteiger charge is -2.34. The van der Waals surface area contributed by atoms with Crippen LogP contribution in [0.2, 0.25) is 0 Å². The molecule has 4 atom stereocenters. The molecule has 0 aliphatic carbocycles. The predicted octanol–water partition coefficient (Wildman–Crippen LogP) is 3.23. The molecule has 11 heteroatoms. The average Bonchev–Trinajstić information content (AvgIpc) is 3.07. The zero-order valence-corrected chi connectivity index (χ0v) is 29.0. The molecule has 0 saturated carbocycles. The minimum atomic E-state index is -0.895. The molecule has 0 aromatic heterocycles. The summed E-state index contributed by atoms with van der Waals surface area (Å²) in [5.41, 5.74) is 13.8. The van der Waals surface area contributed by atoms with Crippen molar-refractivity contribution >= 4 is 29.5 Å². The number of hydrogen-bond acceptors (Lipinski definition) is 7. The first-order valence-corrected chi connectivity index (χ1v) is 17.6. The molecule has 268 valence electrons. The second kappa shape index (κ2) is 20.4. The third-order valence-electron chi connectivity index (χ3n) is 9.15. The van der Waals surface area contributed by atoms with Crippen molar-refractivity contribution in [3.63, 3.8) is 0 Å². The van der Waals surface area contributed by atoms with Crippen LogP contribution < -0.4 is 22.1 Å². The smallest absolute Gasteiger partial charge is 0.303 e. The van der Waals surface area contributed by atoms with Crippen LogP contribution in [0.3, 0.4) is 0 Å². The van der Waals surface area contributed by atoms with Crippen LogP contribution in [0.25, 0.3) is 0 Å². The lowest BCUT2D eigenvalue weighted by molar-refractivity contribution is -0.141. The molecule has 7 N–H and O–H groups in total. The zero-order chi connectivity index (χ0) is 35.8. The number of nitrogens with two attached hydrogens (primary N) is 2. The summed E-state index contributed by atoms with van der Waals surface area (Å²) in [5, 5.41) is 15.0. The van der Waals surface area contributed by atoms with Gasteiger partial charge in [0.15, 0.2) is 5.78 Å². The Balaban J connectivity index is 1.75. The van der Waals surface area contributed by atoms with Crippen LogP contribution >= 0.6 is 0 Å². The molecule has 1 aliphatic heterocycles. The largest absolute Gasteiger partial charge is 0.481 e. The fourth-order valence-electron chi connectivity index (χ4n) is 6.44. The van der Waals surface area contributed by atoms with Gasteiger partial charge >= 0.3 is 5.97 Å². The number of Topliss-reactive ketones (excluding diaryl/α,β-unsaturated/α-hetero) is 1. The maximum Gasteiger partial charge on any atom is 0.303 e. The number of carbonyl (C=O) groups excluding carboxylic acids is 4. The van der Waals surface area contributed by atoms with Gasteiger partial charge in [-0.2, -0.15) is 0 Å². The number of carboxylic acids is 1. The number of carboxylic acid groups (broad SMARTS) is 1. The maximum absolute atomic E-state index is 14.0. The fourth-order valence-corrected chi connectivity index (χ4v) is 6.44. The Labute approximate surface area is 290 Å². The number of aliphatic carboxylic acids is 1. The summed E-state index contributed by atoms with van der Waals surface area (Å²) in [6, 6.07) is 16.3. The van der Waals surface area contributed by atoms with Crippen LogP contribution in [0.5, 0.6) is 0 Å². The number of amides is 3. The van der Waals surface area contributed by atoms with E-state index < -0.39 is 35.9 Å². The molecule has 1 aliphatic rings. The van der Waals surface area contributed by atoms with Crippen molar-refractivity contribution in [2.24, 2.45) is 29.2 Å². The molecule has 49 heavy (non-hydrogen) atoms. The molecule has 1 saturated heterocycles. The first-order chi connectivity index (χ1) is 23.5. The minimum absolute atomic E-state index is 0.0190. The van der Waals surface area contributed by atoms with Gasteiger partial charge in [0, 0.05) is 31.8 Å². The predicted molar refractivity (Wildman–Crippen MR) is 189 cm³/mol. The molecule has 11 nitrogen and oxygen atoms in total. The van der Waals surface area contributed by atoms with Gasteiger partial charge in [-0.1, -0.05) is 74.5 Å². The van der Waals surface area contributed by atoms with E-state index in [0.717, 1.165) is 11.1 Å². The highest BCUT2D eigenvalue weighted by atomic mass is 16.4. The summed E-state index contributed by atoms with van der Waals surface area (Å²) in [6.45, 7) is 5.27. The lowest BCUT2D eigenvalue weighted by atomic mass is 9.88. The van der Waals surface area contributed by atoms with Gasteiger partial charge in [0.25, 0.3) is 0 Å². The summed E-state index contributed by atoms with van der Waals surface area (Å²) in [5.74, 6) is -2.75. The van der Waals surface area contributed by atoms with E-state index in [4.69, 9.17) is 16.6 Å². The Morgan fingerprint density at radius 3 is 1.96 bits per heavy atom. The quantitative estimate of drug-likeness (QED) is 0.132. The standard InChI is InChI=1S/C38H55N5O6/c1-26(2)21-30(36(47)41-32(15-9-10-18-39)38(49)43-19-16-29(17-20-43)24-35(45)46)25-34(44)33(23-28-13-7-4-8-14-28)42-37(48)31(40)22-27-11-5-3-6-12-27/h3-8,11-14,26,29-33H,9-10,15-25,39-40H2,1-2H3,(H,41,47)(H,42,48)(H,45,46)/t30-,31+,32+,33+/m0/s1. The number of nitrogens with one attached hydrogen (secondary N) is 2. The maximum atomic E-state index is 14.0. The number of carbonyl (C=O) groups is 5. The summed E-state index contributed by atoms with van der Waals surface area (Å²) in [4.78, 5) is 67.7. The van der Waals surface area contributed by atoms with Gasteiger partial charge in [-0.15, -0.1) is 0 Å². The van der Waals surface area contributed by atoms with Gasteiger partial charge < -0.3 is 32.1 Å². The summed E-state index contributed by atoms with van der Waals surface area (Å²) in [7, 11) is 0. The van der Waals surface area contributed by atoms with Gasteiger partial charge in [0.2, 0.25) is 17.7 Å². The molecule has 2 aromatic rings. The van der Waals surface area contributed by atoms with Crippen LogP contribution in [0.4, 0.5) is 0 Å². The average molecular weight is 678 g/mol. The van der Waals surface area contributed by atoms with E-state index in [9.17, 15) is 24.0 Å². The monoisotopic (exact) mass is 677 g/mol. The number of nitrogens with zero attached hydrogens (tertiary/aromatic N) is 1. The summed E-state index contributed by atoms with van der Waals surface area (Å²) in [6.07, 6.45) is 3.88. The number of piperidine rings is 1. The molecule has 0 bridgehead atoms. The second-order valence-corrected chi connectivity index (χ2v) is 13.8. The van der Waals surface area contributed by atoms with Gasteiger partial charge in [-0.25, -0.2) is 0 Å². The van der Waals surface area contributed by atoms with Gasteiger partial charge in [0.05, 0.1) is 12.1 Å². The third-order valence-corrected chi connectivity index (χ3v) is 9.15. The molecule has 0 radical (unpaired) electrons. The van der Waals surface area contributed by atoms with Gasteiger partial charge in [0.1, 0.15) is 6.04 Å². The number of benzene rings is 2. The van der Waals surface area contributed by atoms with Crippen LogP contribution in [0, 0.1) is 17.8 Å². The highest BCUT2D eigenvalue weighted by Gasteiger charge is 2.34. The topological polar surface area (TPSA) is 185 Å². The Morgan fingerprint density at radius 1 is 0.837 bits per heavy atom. The zero-order valence-electron chi connectivity index (χ0n) is 29.0. The molecule has 2 aromatic carbocycles. The summed E-state index contributed by atoms with van der Waals surface area (Å²) < 4.78 is 0. The van der Waals surface area contributed by atoms with Gasteiger partial charge in [-0.3, -0.25) is 24.0 Å². The van der Waals surface area contributed by atoms with Gasteiger partial charge in [-0.05, 0) is 80.9 Å². The van der Waals surface area contributed by atoms with E-state index in [-0.39, 0.29) is 48.7 Å². The van der Waals surface area contributed by atoms with E-state index in [1.54, 1.807) is 4.90 Å². The Kier molecular flexibility index (Phi) is 16.4. The SMILES string of the molecule is CC(C)C[C@@H](CC(=O)[C@@H](Cc1ccccc1)NC(=O)[C@H](N)Cc1ccccc1)C(=O)N[C@H](CCCCN)C(=O)N1CCC(CC(=O)O)CC1. The van der Waals surface area contributed by atoms with E-state index in [2.05, 4.69) is 10.6 Å². The molecule has 0 unspecified atom stereocenters. The molecule has 1 heterocycles. The van der Waals surface area contributed by atoms with Crippen LogP contribution in [0.15, 0.2) is 60.7 Å². The summed E-state index contributed by atoms with van der Waals surface area (Å²) >= 11 is 0. The van der Waals surface area contributed by atoms with Crippen molar-refractivity contribution in [1.29, 1.82) is 0 Å². The van der Waals surface area contributed by atoms with Crippen LogP contribution in [-0.2, 0) is 36.8 Å². The number of rotatable bonds is 20. The third kappa shape index (κ3) is 13.7. The van der Waals surface area contributed by atoms with E-state index in [1.807, 2.05) is 74.5 Å². The van der Waals surface area contributed by atoms with Crippen molar-refractivity contribution in [2.75, 3.05) is 19.6 Å². The normalized spacial score (nSPS) is 16.0. The lowest BCUT2D eigenvalue weighted by Crippen LogP contribution is -2.53. The number of ketones is 1. The molecule has 3 rings (SSSR count). The Hall–Kier alpha value is -4.09. The highest BCUT2D eigenvalue weighted by Crippen LogP contribution is 2.23. The molecule has 3 amide bonds.